The van der Waals surface area contributed by atoms with Crippen molar-refractivity contribution in [1.29, 1.82) is 0 Å². The van der Waals surface area contributed by atoms with E-state index in [2.05, 4.69) is 0 Å². The number of carbonyl (C=O) groups excluding carboxylic acids is 1. The lowest BCUT2D eigenvalue weighted by Gasteiger charge is -2.33. The molecule has 1 spiro atoms. The second-order valence-corrected chi connectivity index (χ2v) is 7.40. The SMILES string of the molecule is O=C(O)C1CC12CCN(C(=O)CC1CCCCCC1)CC2. The summed E-state index contributed by atoms with van der Waals surface area (Å²) in [5.41, 5.74) is 0.0327. The van der Waals surface area contributed by atoms with Gasteiger partial charge in [-0.1, -0.05) is 25.7 Å². The van der Waals surface area contributed by atoms with E-state index in [0.717, 1.165) is 38.8 Å². The number of amides is 1. The van der Waals surface area contributed by atoms with Crippen molar-refractivity contribution in [3.8, 4) is 0 Å². The summed E-state index contributed by atoms with van der Waals surface area (Å²) >= 11 is 0. The van der Waals surface area contributed by atoms with Gasteiger partial charge in [-0.2, -0.15) is 0 Å². The van der Waals surface area contributed by atoms with E-state index in [4.69, 9.17) is 5.11 Å². The van der Waals surface area contributed by atoms with Crippen LogP contribution in [0.15, 0.2) is 0 Å². The monoisotopic (exact) mass is 293 g/mol. The minimum Gasteiger partial charge on any atom is -0.481 e. The van der Waals surface area contributed by atoms with E-state index in [1.165, 1.54) is 38.5 Å². The Morgan fingerprint density at radius 1 is 1.05 bits per heavy atom. The van der Waals surface area contributed by atoms with Gasteiger partial charge < -0.3 is 10.0 Å². The summed E-state index contributed by atoms with van der Waals surface area (Å²) in [7, 11) is 0. The van der Waals surface area contributed by atoms with E-state index in [1.54, 1.807) is 0 Å². The summed E-state index contributed by atoms with van der Waals surface area (Å²) in [6.07, 6.45) is 11.0. The second-order valence-electron chi connectivity index (χ2n) is 7.40. The highest BCUT2D eigenvalue weighted by Crippen LogP contribution is 2.59. The minimum absolute atomic E-state index is 0.0327. The Morgan fingerprint density at radius 2 is 1.67 bits per heavy atom. The molecule has 0 aromatic heterocycles. The molecule has 1 amide bonds. The first-order valence-corrected chi connectivity index (χ1v) is 8.61. The van der Waals surface area contributed by atoms with Gasteiger partial charge in [0.15, 0.2) is 0 Å². The quantitative estimate of drug-likeness (QED) is 0.814. The molecule has 0 bridgehead atoms. The molecule has 2 aliphatic carbocycles. The smallest absolute Gasteiger partial charge is 0.307 e. The zero-order valence-electron chi connectivity index (χ0n) is 12.9. The molecule has 3 fully saturated rings. The van der Waals surface area contributed by atoms with Crippen LogP contribution in [0.1, 0.15) is 64.2 Å². The van der Waals surface area contributed by atoms with Crippen LogP contribution in [0.2, 0.25) is 0 Å². The van der Waals surface area contributed by atoms with Gasteiger partial charge in [0.25, 0.3) is 0 Å². The van der Waals surface area contributed by atoms with Crippen LogP contribution in [-0.2, 0) is 9.59 Å². The third-order valence-electron chi connectivity index (χ3n) is 6.04. The van der Waals surface area contributed by atoms with E-state index in [9.17, 15) is 9.59 Å². The number of aliphatic carboxylic acids is 1. The summed E-state index contributed by atoms with van der Waals surface area (Å²) in [6.45, 7) is 1.55. The van der Waals surface area contributed by atoms with Gasteiger partial charge in [-0.3, -0.25) is 9.59 Å². The fourth-order valence-electron chi connectivity index (χ4n) is 4.39. The van der Waals surface area contributed by atoms with Crippen molar-refractivity contribution in [2.75, 3.05) is 13.1 Å². The summed E-state index contributed by atoms with van der Waals surface area (Å²) in [5.74, 6) is 0.109. The van der Waals surface area contributed by atoms with Gasteiger partial charge in [-0.25, -0.2) is 0 Å². The first-order valence-electron chi connectivity index (χ1n) is 8.61. The fraction of sp³-hybridized carbons (Fsp3) is 0.882. The average molecular weight is 293 g/mol. The van der Waals surface area contributed by atoms with Gasteiger partial charge in [0.1, 0.15) is 0 Å². The lowest BCUT2D eigenvalue weighted by atomic mass is 9.89. The predicted molar refractivity (Wildman–Crippen MR) is 79.8 cm³/mol. The zero-order chi connectivity index (χ0) is 14.9. The summed E-state index contributed by atoms with van der Waals surface area (Å²) in [6, 6.07) is 0. The second kappa shape index (κ2) is 5.98. The first-order chi connectivity index (χ1) is 10.1. The highest BCUT2D eigenvalue weighted by Gasteiger charge is 2.59. The number of rotatable bonds is 3. The third kappa shape index (κ3) is 3.24. The lowest BCUT2D eigenvalue weighted by Crippen LogP contribution is -2.40. The number of nitrogens with zero attached hydrogens (tertiary/aromatic N) is 1. The van der Waals surface area contributed by atoms with Crippen molar-refractivity contribution >= 4 is 11.9 Å². The maximum absolute atomic E-state index is 12.4. The molecule has 0 aromatic carbocycles. The van der Waals surface area contributed by atoms with Crippen molar-refractivity contribution in [1.82, 2.24) is 4.90 Å². The van der Waals surface area contributed by atoms with Gasteiger partial charge in [-0.15, -0.1) is 0 Å². The van der Waals surface area contributed by atoms with E-state index in [1.807, 2.05) is 4.90 Å². The van der Waals surface area contributed by atoms with Gasteiger partial charge >= 0.3 is 5.97 Å². The Bertz CT molecular complexity index is 404. The largest absolute Gasteiger partial charge is 0.481 e. The van der Waals surface area contributed by atoms with Crippen LogP contribution in [0.3, 0.4) is 0 Å². The van der Waals surface area contributed by atoms with Crippen LogP contribution >= 0.6 is 0 Å². The molecule has 1 unspecified atom stereocenters. The summed E-state index contributed by atoms with van der Waals surface area (Å²) in [5, 5.41) is 9.11. The first kappa shape index (κ1) is 14.9. The Kier molecular flexibility index (Phi) is 4.23. The van der Waals surface area contributed by atoms with E-state index >= 15 is 0 Å². The molecule has 4 nitrogen and oxygen atoms in total. The standard InChI is InChI=1S/C17H27NO3/c19-15(11-13-5-3-1-2-4-6-13)18-9-7-17(8-10-18)12-14(17)16(20)21/h13-14H,1-12H2,(H,20,21). The van der Waals surface area contributed by atoms with E-state index in [-0.39, 0.29) is 11.3 Å². The Labute approximate surface area is 126 Å². The number of hydrogen-bond acceptors (Lipinski definition) is 2. The molecule has 3 aliphatic rings. The highest BCUT2D eigenvalue weighted by atomic mass is 16.4. The normalized spacial score (nSPS) is 29.1. The number of hydrogen-bond donors (Lipinski definition) is 1. The number of likely N-dealkylation sites (tertiary alicyclic amines) is 1. The van der Waals surface area contributed by atoms with Crippen molar-refractivity contribution in [2.24, 2.45) is 17.3 Å². The highest BCUT2D eigenvalue weighted by molar-refractivity contribution is 5.77. The van der Waals surface area contributed by atoms with Crippen molar-refractivity contribution in [3.05, 3.63) is 0 Å². The van der Waals surface area contributed by atoms with Gasteiger partial charge in [0.05, 0.1) is 5.92 Å². The summed E-state index contributed by atoms with van der Waals surface area (Å²) in [4.78, 5) is 25.5. The molecule has 1 N–H and O–H groups in total. The van der Waals surface area contributed by atoms with Gasteiger partial charge in [0.2, 0.25) is 5.91 Å². The zero-order valence-corrected chi connectivity index (χ0v) is 12.9. The van der Waals surface area contributed by atoms with Gasteiger partial charge in [-0.05, 0) is 43.4 Å². The van der Waals surface area contributed by atoms with Crippen LogP contribution in [0.4, 0.5) is 0 Å². The molecule has 1 saturated heterocycles. The number of piperidine rings is 1. The molecular weight excluding hydrogens is 266 g/mol. The maximum Gasteiger partial charge on any atom is 0.307 e. The van der Waals surface area contributed by atoms with E-state index in [0.29, 0.717) is 11.8 Å². The average Bonchev–Trinajstić information content (AvgIpc) is 3.21. The van der Waals surface area contributed by atoms with Crippen LogP contribution in [0.5, 0.6) is 0 Å². The molecule has 21 heavy (non-hydrogen) atoms. The maximum atomic E-state index is 12.4. The van der Waals surface area contributed by atoms with Crippen LogP contribution in [0.25, 0.3) is 0 Å². The van der Waals surface area contributed by atoms with E-state index < -0.39 is 5.97 Å². The van der Waals surface area contributed by atoms with Gasteiger partial charge in [0, 0.05) is 19.5 Å². The molecule has 1 aliphatic heterocycles. The molecule has 1 heterocycles. The fourth-order valence-corrected chi connectivity index (χ4v) is 4.39. The molecule has 0 aromatic rings. The predicted octanol–water partition coefficient (Wildman–Crippen LogP) is 3.06. The molecule has 118 valence electrons. The molecule has 1 atom stereocenters. The molecule has 4 heteroatoms. The van der Waals surface area contributed by atoms with Crippen molar-refractivity contribution in [3.63, 3.8) is 0 Å². The Hall–Kier alpha value is -1.06. The number of carboxylic acid groups (broad SMARTS) is 1. The Balaban J connectivity index is 1.46. The number of carbonyl (C=O) groups is 2. The van der Waals surface area contributed by atoms with Crippen molar-refractivity contribution < 1.29 is 14.7 Å². The molecule has 3 rings (SSSR count). The summed E-state index contributed by atoms with van der Waals surface area (Å²) < 4.78 is 0. The Morgan fingerprint density at radius 3 is 2.19 bits per heavy atom. The van der Waals surface area contributed by atoms with Crippen LogP contribution < -0.4 is 0 Å². The molecule has 0 radical (unpaired) electrons. The van der Waals surface area contributed by atoms with Crippen LogP contribution in [0, 0.1) is 17.3 Å². The molecule has 2 saturated carbocycles. The van der Waals surface area contributed by atoms with Crippen molar-refractivity contribution in [2.45, 2.75) is 64.2 Å². The molecular formula is C17H27NO3. The topological polar surface area (TPSA) is 57.6 Å². The van der Waals surface area contributed by atoms with Crippen LogP contribution in [-0.4, -0.2) is 35.0 Å². The number of carboxylic acids is 1. The lowest BCUT2D eigenvalue weighted by molar-refractivity contribution is -0.140. The third-order valence-corrected chi connectivity index (χ3v) is 6.04. The minimum atomic E-state index is -0.645.